The number of aliphatic hydroxyl groups is 2. The molecule has 0 heterocycles. The molecule has 1 rings (SSSR count). The van der Waals surface area contributed by atoms with Gasteiger partial charge in [-0.1, -0.05) is 25.1 Å². The fraction of sp³-hybridized carbons (Fsp3) is 0.579. The molecule has 0 aliphatic carbocycles. The van der Waals surface area contributed by atoms with E-state index in [0.717, 1.165) is 16.9 Å². The zero-order valence-electron chi connectivity index (χ0n) is 15.1. The summed E-state index contributed by atoms with van der Waals surface area (Å²) in [6, 6.07) is 7.76. The third-order valence-electron chi connectivity index (χ3n) is 4.16. The van der Waals surface area contributed by atoms with Crippen LogP contribution in [0.15, 0.2) is 35.9 Å². The highest BCUT2D eigenvalue weighted by Crippen LogP contribution is 2.21. The Hall–Kier alpha value is -1.40. The highest BCUT2D eigenvalue weighted by molar-refractivity contribution is 5.26. The van der Waals surface area contributed by atoms with Crippen LogP contribution in [-0.4, -0.2) is 49.9 Å². The summed E-state index contributed by atoms with van der Waals surface area (Å²) in [6.07, 6.45) is 1.53. The number of hydrogen-bond donors (Lipinski definition) is 2. The summed E-state index contributed by atoms with van der Waals surface area (Å²) in [5.74, 6) is 0.729. The molecule has 2 N–H and O–H groups in total. The zero-order chi connectivity index (χ0) is 17.9. The average molecular weight is 338 g/mol. The molecular formula is C19H30O5. The van der Waals surface area contributed by atoms with E-state index in [1.54, 1.807) is 14.2 Å². The maximum Gasteiger partial charge on any atom is 0.118 e. The van der Waals surface area contributed by atoms with Gasteiger partial charge in [-0.15, -0.1) is 0 Å². The van der Waals surface area contributed by atoms with Crippen LogP contribution in [0.3, 0.4) is 0 Å². The summed E-state index contributed by atoms with van der Waals surface area (Å²) < 4.78 is 16.3. The third kappa shape index (κ3) is 6.61. The van der Waals surface area contributed by atoms with Crippen molar-refractivity contribution in [3.63, 3.8) is 0 Å². The van der Waals surface area contributed by atoms with Crippen LogP contribution in [0.2, 0.25) is 0 Å². The van der Waals surface area contributed by atoms with E-state index < -0.39 is 6.10 Å². The van der Waals surface area contributed by atoms with Crippen LogP contribution < -0.4 is 4.74 Å². The maximum absolute atomic E-state index is 10.0. The summed E-state index contributed by atoms with van der Waals surface area (Å²) in [5.41, 5.74) is 2.09. The normalized spacial score (nSPS) is 15.8. The van der Waals surface area contributed by atoms with Crippen molar-refractivity contribution in [1.82, 2.24) is 0 Å². The van der Waals surface area contributed by atoms with Crippen LogP contribution in [0.25, 0.3) is 0 Å². The highest BCUT2D eigenvalue weighted by Gasteiger charge is 2.24. The van der Waals surface area contributed by atoms with Gasteiger partial charge in [0.05, 0.1) is 32.5 Å². The molecule has 0 radical (unpaired) electrons. The van der Waals surface area contributed by atoms with Crippen molar-refractivity contribution in [2.24, 2.45) is 5.92 Å². The first-order chi connectivity index (χ1) is 11.5. The summed E-state index contributed by atoms with van der Waals surface area (Å²) >= 11 is 0. The fourth-order valence-electron chi connectivity index (χ4n) is 2.62. The lowest BCUT2D eigenvalue weighted by Crippen LogP contribution is -2.32. The van der Waals surface area contributed by atoms with Gasteiger partial charge in [0.25, 0.3) is 0 Å². The molecule has 5 heteroatoms. The number of rotatable bonds is 11. The van der Waals surface area contributed by atoms with Gasteiger partial charge in [0.15, 0.2) is 0 Å². The first kappa shape index (κ1) is 20.6. The molecule has 136 valence electrons. The Morgan fingerprint density at radius 2 is 1.88 bits per heavy atom. The first-order valence-electron chi connectivity index (χ1n) is 8.22. The number of methoxy groups -OCH3 is 2. The fourth-order valence-corrected chi connectivity index (χ4v) is 2.62. The van der Waals surface area contributed by atoms with Gasteiger partial charge in [-0.25, -0.2) is 0 Å². The Morgan fingerprint density at radius 3 is 2.42 bits per heavy atom. The van der Waals surface area contributed by atoms with E-state index in [1.807, 2.05) is 44.2 Å². The summed E-state index contributed by atoms with van der Waals surface area (Å²) in [6.45, 7) is 4.85. The molecule has 5 nitrogen and oxygen atoms in total. The minimum atomic E-state index is -0.594. The Morgan fingerprint density at radius 1 is 1.21 bits per heavy atom. The zero-order valence-corrected chi connectivity index (χ0v) is 15.1. The van der Waals surface area contributed by atoms with Gasteiger partial charge >= 0.3 is 0 Å². The van der Waals surface area contributed by atoms with Gasteiger partial charge in [0.1, 0.15) is 5.75 Å². The van der Waals surface area contributed by atoms with Crippen LogP contribution in [0.4, 0.5) is 0 Å². The summed E-state index contributed by atoms with van der Waals surface area (Å²) in [4.78, 5) is 0. The minimum absolute atomic E-state index is 0.0321. The van der Waals surface area contributed by atoms with E-state index in [2.05, 4.69) is 0 Å². The molecule has 0 amide bonds. The van der Waals surface area contributed by atoms with Gasteiger partial charge in [0.2, 0.25) is 0 Å². The number of hydrogen-bond acceptors (Lipinski definition) is 5. The van der Waals surface area contributed by atoms with Crippen LogP contribution in [0.1, 0.15) is 25.8 Å². The second kappa shape index (κ2) is 11.2. The molecule has 0 spiro atoms. The monoisotopic (exact) mass is 338 g/mol. The Balaban J connectivity index is 2.48. The SMILES string of the molecule is COc1ccc(COC/C=C(\C)[C@H](OC)[C@@H](C)[C@@H](O)CCO)cc1. The molecule has 0 aromatic heterocycles. The molecule has 1 aromatic rings. The van der Waals surface area contributed by atoms with E-state index in [4.69, 9.17) is 19.3 Å². The second-order valence-electron chi connectivity index (χ2n) is 5.91. The Bertz CT molecular complexity index is 483. The van der Waals surface area contributed by atoms with Gasteiger partial charge < -0.3 is 24.4 Å². The molecule has 0 bridgehead atoms. The molecule has 0 saturated heterocycles. The largest absolute Gasteiger partial charge is 0.497 e. The average Bonchev–Trinajstić information content (AvgIpc) is 2.60. The molecule has 3 atom stereocenters. The molecule has 0 aliphatic heterocycles. The maximum atomic E-state index is 10.0. The predicted molar refractivity (Wildman–Crippen MR) is 94.1 cm³/mol. The van der Waals surface area contributed by atoms with Crippen molar-refractivity contribution >= 4 is 0 Å². The Labute approximate surface area is 144 Å². The lowest BCUT2D eigenvalue weighted by Gasteiger charge is -2.27. The van der Waals surface area contributed by atoms with Gasteiger partial charge in [-0.05, 0) is 36.6 Å². The molecule has 0 saturated carbocycles. The van der Waals surface area contributed by atoms with E-state index in [9.17, 15) is 5.11 Å². The lowest BCUT2D eigenvalue weighted by atomic mass is 9.91. The van der Waals surface area contributed by atoms with E-state index >= 15 is 0 Å². The van der Waals surface area contributed by atoms with Crippen LogP contribution in [0.5, 0.6) is 5.75 Å². The van der Waals surface area contributed by atoms with Crippen molar-refractivity contribution in [2.45, 2.75) is 39.1 Å². The van der Waals surface area contributed by atoms with Gasteiger partial charge in [-0.3, -0.25) is 0 Å². The van der Waals surface area contributed by atoms with Crippen molar-refractivity contribution in [3.05, 3.63) is 41.5 Å². The topological polar surface area (TPSA) is 68.2 Å². The van der Waals surface area contributed by atoms with E-state index in [0.29, 0.717) is 19.6 Å². The Kier molecular flexibility index (Phi) is 9.64. The molecule has 1 aromatic carbocycles. The molecule has 0 fully saturated rings. The second-order valence-corrected chi connectivity index (χ2v) is 5.91. The van der Waals surface area contributed by atoms with Crippen molar-refractivity contribution in [3.8, 4) is 5.75 Å². The minimum Gasteiger partial charge on any atom is -0.497 e. The summed E-state index contributed by atoms with van der Waals surface area (Å²) in [7, 11) is 3.27. The number of benzene rings is 1. The first-order valence-corrected chi connectivity index (χ1v) is 8.22. The number of aliphatic hydroxyl groups excluding tert-OH is 2. The summed E-state index contributed by atoms with van der Waals surface area (Å²) in [5, 5.41) is 19.0. The lowest BCUT2D eigenvalue weighted by molar-refractivity contribution is 0.00293. The van der Waals surface area contributed by atoms with Crippen molar-refractivity contribution in [1.29, 1.82) is 0 Å². The smallest absolute Gasteiger partial charge is 0.118 e. The van der Waals surface area contributed by atoms with Crippen molar-refractivity contribution in [2.75, 3.05) is 27.4 Å². The molecule has 24 heavy (non-hydrogen) atoms. The van der Waals surface area contributed by atoms with Crippen LogP contribution in [0, 0.1) is 5.92 Å². The molecule has 0 unspecified atom stereocenters. The molecule has 0 aliphatic rings. The predicted octanol–water partition coefficient (Wildman–Crippen LogP) is 2.55. The molecular weight excluding hydrogens is 308 g/mol. The number of ether oxygens (including phenoxy) is 3. The van der Waals surface area contributed by atoms with Crippen LogP contribution >= 0.6 is 0 Å². The van der Waals surface area contributed by atoms with Crippen molar-refractivity contribution < 1.29 is 24.4 Å². The van der Waals surface area contributed by atoms with Gasteiger partial charge in [0, 0.05) is 19.6 Å². The standard InChI is InChI=1S/C19H30O5/c1-14(19(23-4)15(2)18(21)9-11-20)10-12-24-13-16-5-7-17(22-3)8-6-16/h5-8,10,15,18-21H,9,11-13H2,1-4H3/b14-10+/t15-,18-,19-/m0/s1. The van der Waals surface area contributed by atoms with Gasteiger partial charge in [-0.2, -0.15) is 0 Å². The van der Waals surface area contributed by atoms with Crippen LogP contribution in [-0.2, 0) is 16.1 Å². The van der Waals surface area contributed by atoms with E-state index in [-0.39, 0.29) is 18.6 Å². The third-order valence-corrected chi connectivity index (χ3v) is 4.16. The quantitative estimate of drug-likeness (QED) is 0.479. The highest BCUT2D eigenvalue weighted by atomic mass is 16.5. The van der Waals surface area contributed by atoms with E-state index in [1.165, 1.54) is 0 Å².